The van der Waals surface area contributed by atoms with Gasteiger partial charge in [0.2, 0.25) is 21.8 Å². The van der Waals surface area contributed by atoms with E-state index in [1.807, 2.05) is 75.4 Å². The molecular weight excluding hydrogens is 625 g/mol. The van der Waals surface area contributed by atoms with Crippen LogP contribution in [0.5, 0.6) is 0 Å². The quantitative estimate of drug-likeness (QED) is 0.284. The Morgan fingerprint density at radius 3 is 2.15 bits per heavy atom. The lowest BCUT2D eigenvalue weighted by Crippen LogP contribution is -2.53. The van der Waals surface area contributed by atoms with Gasteiger partial charge in [-0.1, -0.05) is 74.0 Å². The van der Waals surface area contributed by atoms with Crippen LogP contribution in [0.15, 0.2) is 78.9 Å². The maximum absolute atomic E-state index is 14.0. The van der Waals surface area contributed by atoms with Crippen LogP contribution in [-0.4, -0.2) is 50.5 Å². The number of hydrogen-bond donors (Lipinski definition) is 1. The van der Waals surface area contributed by atoms with Crippen molar-refractivity contribution in [2.24, 2.45) is 5.92 Å². The molecule has 0 spiro atoms. The molecule has 1 atom stereocenters. The Balaban J connectivity index is 2.04. The third-order valence-electron chi connectivity index (χ3n) is 6.18. The van der Waals surface area contributed by atoms with Gasteiger partial charge in [0.05, 0.1) is 11.9 Å². The molecule has 0 saturated heterocycles. The molecule has 3 rings (SSSR count). The van der Waals surface area contributed by atoms with Gasteiger partial charge in [0.1, 0.15) is 12.6 Å². The van der Waals surface area contributed by atoms with Crippen LogP contribution < -0.4 is 9.62 Å². The number of carbonyl (C=O) groups is 2. The Morgan fingerprint density at radius 2 is 1.56 bits per heavy atom. The summed E-state index contributed by atoms with van der Waals surface area (Å²) in [6.45, 7) is 6.19. The molecule has 0 aliphatic heterocycles. The maximum Gasteiger partial charge on any atom is 0.244 e. The first-order valence-electron chi connectivity index (χ1n) is 12.8. The van der Waals surface area contributed by atoms with E-state index < -0.39 is 28.5 Å². The summed E-state index contributed by atoms with van der Waals surface area (Å²) in [5.41, 5.74) is 3.19. The predicted octanol–water partition coefficient (Wildman–Crippen LogP) is 4.78. The molecule has 3 aromatic rings. The van der Waals surface area contributed by atoms with Crippen molar-refractivity contribution in [2.75, 3.05) is 23.7 Å². The van der Waals surface area contributed by atoms with Gasteiger partial charge in [-0.15, -0.1) is 0 Å². The molecule has 3 aromatic carbocycles. The highest BCUT2D eigenvalue weighted by Crippen LogP contribution is 2.21. The molecule has 2 amide bonds. The monoisotopic (exact) mass is 661 g/mol. The largest absolute Gasteiger partial charge is 0.354 e. The summed E-state index contributed by atoms with van der Waals surface area (Å²) < 4.78 is 27.7. The van der Waals surface area contributed by atoms with Crippen LogP contribution in [0.1, 0.15) is 30.5 Å². The van der Waals surface area contributed by atoms with Crippen LogP contribution in [-0.2, 0) is 32.6 Å². The van der Waals surface area contributed by atoms with Crippen molar-refractivity contribution in [2.45, 2.75) is 39.8 Å². The fourth-order valence-electron chi connectivity index (χ4n) is 4.20. The van der Waals surface area contributed by atoms with Gasteiger partial charge in [-0.3, -0.25) is 13.9 Å². The molecule has 0 unspecified atom stereocenters. The smallest absolute Gasteiger partial charge is 0.244 e. The predicted molar refractivity (Wildman–Crippen MR) is 165 cm³/mol. The first-order chi connectivity index (χ1) is 18.4. The van der Waals surface area contributed by atoms with E-state index in [-0.39, 0.29) is 18.4 Å². The number of benzene rings is 3. The number of aryl methyl sites for hydroxylation is 1. The van der Waals surface area contributed by atoms with E-state index in [1.54, 1.807) is 24.3 Å². The van der Waals surface area contributed by atoms with Crippen LogP contribution in [0.3, 0.4) is 0 Å². The van der Waals surface area contributed by atoms with Crippen molar-refractivity contribution >= 4 is 50.1 Å². The zero-order valence-corrected chi connectivity index (χ0v) is 25.8. The molecule has 7 nitrogen and oxygen atoms in total. The number of anilines is 1. The second kappa shape index (κ2) is 13.9. The highest BCUT2D eigenvalue weighted by Gasteiger charge is 2.33. The van der Waals surface area contributed by atoms with Gasteiger partial charge < -0.3 is 10.2 Å². The molecule has 0 aliphatic carbocycles. The van der Waals surface area contributed by atoms with Crippen LogP contribution in [0, 0.1) is 16.4 Å². The number of carbonyl (C=O) groups excluding carboxylic acids is 2. The van der Waals surface area contributed by atoms with Crippen LogP contribution in [0.4, 0.5) is 5.69 Å². The van der Waals surface area contributed by atoms with E-state index in [0.717, 1.165) is 30.8 Å². The van der Waals surface area contributed by atoms with Crippen molar-refractivity contribution in [1.82, 2.24) is 10.2 Å². The number of nitrogens with zero attached hydrogens (tertiary/aromatic N) is 2. The molecular formula is C30H36IN3O4S. The highest BCUT2D eigenvalue weighted by molar-refractivity contribution is 14.1. The molecule has 0 radical (unpaired) electrons. The number of sulfonamides is 1. The molecule has 39 heavy (non-hydrogen) atoms. The van der Waals surface area contributed by atoms with E-state index in [2.05, 4.69) is 27.9 Å². The highest BCUT2D eigenvalue weighted by atomic mass is 127. The lowest BCUT2D eigenvalue weighted by molar-refractivity contribution is -0.140. The summed E-state index contributed by atoms with van der Waals surface area (Å²) in [6, 6.07) is 23.4. The minimum Gasteiger partial charge on any atom is -0.354 e. The van der Waals surface area contributed by atoms with Gasteiger partial charge in [-0.2, -0.15) is 0 Å². The lowest BCUT2D eigenvalue weighted by atomic mass is 10.0. The molecule has 0 bridgehead atoms. The lowest BCUT2D eigenvalue weighted by Gasteiger charge is -2.33. The minimum absolute atomic E-state index is 0.164. The zero-order chi connectivity index (χ0) is 28.6. The summed E-state index contributed by atoms with van der Waals surface area (Å²) in [4.78, 5) is 29.2. The normalized spacial score (nSPS) is 12.2. The molecule has 0 saturated carbocycles. The van der Waals surface area contributed by atoms with Crippen LogP contribution in [0.25, 0.3) is 0 Å². The van der Waals surface area contributed by atoms with E-state index in [0.29, 0.717) is 18.7 Å². The van der Waals surface area contributed by atoms with E-state index >= 15 is 0 Å². The Labute approximate surface area is 245 Å². The van der Waals surface area contributed by atoms with Gasteiger partial charge in [0.15, 0.2) is 0 Å². The molecule has 1 N–H and O–H groups in total. The van der Waals surface area contributed by atoms with Crippen LogP contribution >= 0.6 is 22.6 Å². The summed E-state index contributed by atoms with van der Waals surface area (Å²) in [6.07, 6.45) is 1.38. The number of halogens is 1. The third-order valence-corrected chi connectivity index (χ3v) is 8.04. The Hall–Kier alpha value is -2.92. The molecule has 208 valence electrons. The fraction of sp³-hybridized carbons (Fsp3) is 0.333. The van der Waals surface area contributed by atoms with E-state index in [9.17, 15) is 18.0 Å². The Kier molecular flexibility index (Phi) is 10.9. The van der Waals surface area contributed by atoms with Crippen molar-refractivity contribution in [1.29, 1.82) is 0 Å². The molecule has 9 heteroatoms. The maximum atomic E-state index is 14.0. The summed E-state index contributed by atoms with van der Waals surface area (Å²) in [7, 11) is -3.78. The standard InChI is InChI=1S/C30H36IN3O4S/c1-22(2)19-32-30(36)28(18-24-10-6-5-7-11-24)33(20-25-12-8-9-23(3)17-25)29(35)21-34(39(4,37)38)27-15-13-26(31)14-16-27/h5-17,22,28H,18-21H2,1-4H3,(H,32,36)/t28-/m0/s1. The molecule has 0 fully saturated rings. The van der Waals surface area contributed by atoms with Gasteiger partial charge in [-0.25, -0.2) is 8.42 Å². The SMILES string of the molecule is Cc1cccc(CN(C(=O)CN(c2ccc(I)cc2)S(C)(=O)=O)[C@@H](Cc2ccccc2)C(=O)NCC(C)C)c1. The number of amides is 2. The second-order valence-electron chi connectivity index (χ2n) is 10.1. The van der Waals surface area contributed by atoms with E-state index in [4.69, 9.17) is 0 Å². The summed E-state index contributed by atoms with van der Waals surface area (Å²) >= 11 is 2.14. The van der Waals surface area contributed by atoms with E-state index in [1.165, 1.54) is 4.90 Å². The van der Waals surface area contributed by atoms with Gasteiger partial charge in [0, 0.05) is 23.1 Å². The molecule has 0 aromatic heterocycles. The third kappa shape index (κ3) is 9.35. The average molecular weight is 662 g/mol. The summed E-state index contributed by atoms with van der Waals surface area (Å²) in [5.74, 6) is -0.497. The average Bonchev–Trinajstić information content (AvgIpc) is 2.88. The van der Waals surface area contributed by atoms with Crippen molar-refractivity contribution < 1.29 is 18.0 Å². The van der Waals surface area contributed by atoms with Crippen molar-refractivity contribution in [3.63, 3.8) is 0 Å². The topological polar surface area (TPSA) is 86.8 Å². The van der Waals surface area contributed by atoms with Crippen LogP contribution in [0.2, 0.25) is 0 Å². The molecule has 0 aliphatic rings. The van der Waals surface area contributed by atoms with Crippen molar-refractivity contribution in [3.05, 3.63) is 99.1 Å². The zero-order valence-electron chi connectivity index (χ0n) is 22.8. The first kappa shape index (κ1) is 30.6. The second-order valence-corrected chi connectivity index (χ2v) is 13.3. The summed E-state index contributed by atoms with van der Waals surface area (Å²) in [5, 5.41) is 2.99. The number of rotatable bonds is 12. The van der Waals surface area contributed by atoms with Gasteiger partial charge in [-0.05, 0) is 70.8 Å². The molecule has 0 heterocycles. The van der Waals surface area contributed by atoms with Gasteiger partial charge >= 0.3 is 0 Å². The first-order valence-corrected chi connectivity index (χ1v) is 15.8. The number of nitrogens with one attached hydrogen (secondary N) is 1. The fourth-order valence-corrected chi connectivity index (χ4v) is 5.41. The number of hydrogen-bond acceptors (Lipinski definition) is 4. The van der Waals surface area contributed by atoms with Crippen molar-refractivity contribution in [3.8, 4) is 0 Å². The van der Waals surface area contributed by atoms with Gasteiger partial charge in [0.25, 0.3) is 0 Å². The Bertz CT molecular complexity index is 1360. The Morgan fingerprint density at radius 1 is 0.923 bits per heavy atom. The minimum atomic E-state index is -3.78.